The smallest absolute Gasteiger partial charge is 0.221 e. The number of rotatable bonds is 4. The molecule has 0 aromatic carbocycles. The van der Waals surface area contributed by atoms with E-state index in [0.717, 1.165) is 12.3 Å². The average molecular weight is 226 g/mol. The fourth-order valence-electron chi connectivity index (χ4n) is 2.28. The second kappa shape index (κ2) is 5.67. The summed E-state index contributed by atoms with van der Waals surface area (Å²) in [6.45, 7) is 8.60. The van der Waals surface area contributed by atoms with Crippen molar-refractivity contribution in [2.24, 2.45) is 23.5 Å². The van der Waals surface area contributed by atoms with E-state index in [1.807, 2.05) is 0 Å². The van der Waals surface area contributed by atoms with Gasteiger partial charge in [-0.3, -0.25) is 4.79 Å². The molecule has 1 rings (SSSR count). The molecule has 1 fully saturated rings. The van der Waals surface area contributed by atoms with Crippen molar-refractivity contribution in [3.05, 3.63) is 0 Å². The van der Waals surface area contributed by atoms with Gasteiger partial charge < -0.3 is 11.1 Å². The van der Waals surface area contributed by atoms with E-state index < -0.39 is 0 Å². The van der Waals surface area contributed by atoms with Gasteiger partial charge in [0.2, 0.25) is 5.91 Å². The zero-order valence-corrected chi connectivity index (χ0v) is 11.0. The van der Waals surface area contributed by atoms with Gasteiger partial charge in [-0.2, -0.15) is 0 Å². The first-order valence-electron chi connectivity index (χ1n) is 6.46. The van der Waals surface area contributed by atoms with Gasteiger partial charge in [0.05, 0.1) is 0 Å². The van der Waals surface area contributed by atoms with Gasteiger partial charge in [-0.25, -0.2) is 0 Å². The number of amides is 1. The number of hydrogen-bond donors (Lipinski definition) is 2. The summed E-state index contributed by atoms with van der Waals surface area (Å²) in [5.41, 5.74) is 5.89. The Kier molecular flexibility index (Phi) is 4.78. The monoisotopic (exact) mass is 226 g/mol. The van der Waals surface area contributed by atoms with Crippen LogP contribution in [0.3, 0.4) is 0 Å². The van der Waals surface area contributed by atoms with E-state index in [2.05, 4.69) is 33.0 Å². The van der Waals surface area contributed by atoms with Crippen LogP contribution in [0.25, 0.3) is 0 Å². The molecular weight excluding hydrogens is 200 g/mol. The minimum absolute atomic E-state index is 0.0193. The Bertz CT molecular complexity index is 240. The van der Waals surface area contributed by atoms with Gasteiger partial charge in [0.25, 0.3) is 0 Å². The lowest BCUT2D eigenvalue weighted by molar-refractivity contribution is -0.122. The van der Waals surface area contributed by atoms with Crippen molar-refractivity contribution < 1.29 is 4.79 Å². The Labute approximate surface area is 99.2 Å². The molecule has 0 aromatic rings. The molecule has 4 atom stereocenters. The first kappa shape index (κ1) is 13.5. The molecule has 0 aliphatic heterocycles. The van der Waals surface area contributed by atoms with Gasteiger partial charge >= 0.3 is 0 Å². The summed E-state index contributed by atoms with van der Waals surface area (Å²) in [5.74, 6) is 1.81. The highest BCUT2D eigenvalue weighted by Crippen LogP contribution is 2.31. The summed E-state index contributed by atoms with van der Waals surface area (Å²) in [4.78, 5) is 11.8. The number of carbonyl (C=O) groups excluding carboxylic acids is 1. The van der Waals surface area contributed by atoms with Crippen LogP contribution in [0.5, 0.6) is 0 Å². The van der Waals surface area contributed by atoms with Crippen LogP contribution >= 0.6 is 0 Å². The molecule has 0 radical (unpaired) electrons. The Morgan fingerprint density at radius 3 is 2.44 bits per heavy atom. The number of hydrogen-bond acceptors (Lipinski definition) is 2. The molecule has 0 spiro atoms. The maximum absolute atomic E-state index is 11.8. The standard InChI is InChI=1S/C13H26N2O/c1-8(2)11(14)7-13(16)15-12-6-5-9(3)10(12)4/h8-12H,5-7,14H2,1-4H3,(H,15,16). The largest absolute Gasteiger partial charge is 0.353 e. The zero-order chi connectivity index (χ0) is 12.3. The molecule has 1 aliphatic rings. The molecule has 1 amide bonds. The number of carbonyl (C=O) groups is 1. The Morgan fingerprint density at radius 2 is 2.00 bits per heavy atom. The number of nitrogens with one attached hydrogen (secondary N) is 1. The SMILES string of the molecule is CC(C)C(N)CC(=O)NC1CCC(C)C1C. The van der Waals surface area contributed by atoms with Gasteiger partial charge in [-0.15, -0.1) is 0 Å². The molecule has 0 aromatic heterocycles. The zero-order valence-electron chi connectivity index (χ0n) is 11.0. The van der Waals surface area contributed by atoms with Crippen LogP contribution < -0.4 is 11.1 Å². The van der Waals surface area contributed by atoms with Gasteiger partial charge in [0.15, 0.2) is 0 Å². The van der Waals surface area contributed by atoms with Crippen LogP contribution in [0.1, 0.15) is 47.0 Å². The van der Waals surface area contributed by atoms with Crippen molar-refractivity contribution in [3.8, 4) is 0 Å². The molecular formula is C13H26N2O. The highest BCUT2D eigenvalue weighted by molar-refractivity contribution is 5.77. The minimum atomic E-state index is -0.0193. The van der Waals surface area contributed by atoms with E-state index in [9.17, 15) is 4.79 Å². The summed E-state index contributed by atoms with van der Waals surface area (Å²) in [7, 11) is 0. The van der Waals surface area contributed by atoms with E-state index in [-0.39, 0.29) is 11.9 Å². The third-order valence-electron chi connectivity index (χ3n) is 4.09. The fourth-order valence-corrected chi connectivity index (χ4v) is 2.28. The van der Waals surface area contributed by atoms with Crippen LogP contribution in [0, 0.1) is 17.8 Å². The van der Waals surface area contributed by atoms with Crippen molar-refractivity contribution in [1.29, 1.82) is 0 Å². The molecule has 3 heteroatoms. The normalized spacial score (nSPS) is 31.8. The van der Waals surface area contributed by atoms with Gasteiger partial charge in [0.1, 0.15) is 0 Å². The van der Waals surface area contributed by atoms with Gasteiger partial charge in [-0.1, -0.05) is 27.7 Å². The van der Waals surface area contributed by atoms with E-state index >= 15 is 0 Å². The molecule has 3 nitrogen and oxygen atoms in total. The van der Waals surface area contributed by atoms with E-state index in [0.29, 0.717) is 24.3 Å². The van der Waals surface area contributed by atoms with Crippen LogP contribution in [0.2, 0.25) is 0 Å². The highest BCUT2D eigenvalue weighted by atomic mass is 16.1. The lowest BCUT2D eigenvalue weighted by atomic mass is 9.97. The molecule has 3 N–H and O–H groups in total. The summed E-state index contributed by atoms with van der Waals surface area (Å²) in [6, 6.07) is 0.344. The Hall–Kier alpha value is -0.570. The van der Waals surface area contributed by atoms with Crippen LogP contribution in [-0.4, -0.2) is 18.0 Å². The van der Waals surface area contributed by atoms with E-state index in [1.54, 1.807) is 0 Å². The molecule has 1 aliphatic carbocycles. The second-order valence-electron chi connectivity index (χ2n) is 5.70. The molecule has 16 heavy (non-hydrogen) atoms. The summed E-state index contributed by atoms with van der Waals surface area (Å²) >= 11 is 0. The Morgan fingerprint density at radius 1 is 1.38 bits per heavy atom. The van der Waals surface area contributed by atoms with Crippen LogP contribution in [-0.2, 0) is 4.79 Å². The fraction of sp³-hybridized carbons (Fsp3) is 0.923. The molecule has 94 valence electrons. The predicted molar refractivity (Wildman–Crippen MR) is 66.9 cm³/mol. The van der Waals surface area contributed by atoms with Crippen LogP contribution in [0.15, 0.2) is 0 Å². The van der Waals surface area contributed by atoms with Crippen molar-refractivity contribution in [1.82, 2.24) is 5.32 Å². The summed E-state index contributed by atoms with van der Waals surface area (Å²) in [5, 5.41) is 3.13. The molecule has 0 bridgehead atoms. The topological polar surface area (TPSA) is 55.1 Å². The van der Waals surface area contributed by atoms with E-state index in [4.69, 9.17) is 5.73 Å². The third kappa shape index (κ3) is 3.48. The van der Waals surface area contributed by atoms with Crippen LogP contribution in [0.4, 0.5) is 0 Å². The van der Waals surface area contributed by atoms with Crippen molar-refractivity contribution in [3.63, 3.8) is 0 Å². The first-order valence-corrected chi connectivity index (χ1v) is 6.46. The maximum Gasteiger partial charge on any atom is 0.221 e. The highest BCUT2D eigenvalue weighted by Gasteiger charge is 2.30. The van der Waals surface area contributed by atoms with Gasteiger partial charge in [-0.05, 0) is 30.6 Å². The quantitative estimate of drug-likeness (QED) is 0.769. The second-order valence-corrected chi connectivity index (χ2v) is 5.70. The van der Waals surface area contributed by atoms with Crippen molar-refractivity contribution in [2.75, 3.05) is 0 Å². The lowest BCUT2D eigenvalue weighted by Crippen LogP contribution is -2.41. The first-order chi connectivity index (χ1) is 7.41. The van der Waals surface area contributed by atoms with Gasteiger partial charge in [0, 0.05) is 18.5 Å². The molecule has 0 heterocycles. The van der Waals surface area contributed by atoms with Crippen molar-refractivity contribution in [2.45, 2.75) is 59.0 Å². The van der Waals surface area contributed by atoms with E-state index in [1.165, 1.54) is 6.42 Å². The Balaban J connectivity index is 2.35. The average Bonchev–Trinajstić information content (AvgIpc) is 2.49. The molecule has 0 saturated heterocycles. The molecule has 1 saturated carbocycles. The maximum atomic E-state index is 11.8. The lowest BCUT2D eigenvalue weighted by Gasteiger charge is -2.21. The minimum Gasteiger partial charge on any atom is -0.353 e. The van der Waals surface area contributed by atoms with Crippen molar-refractivity contribution >= 4 is 5.91 Å². The summed E-state index contributed by atoms with van der Waals surface area (Å²) in [6.07, 6.45) is 2.79. The molecule has 4 unspecified atom stereocenters. The number of nitrogens with two attached hydrogens (primary N) is 1. The summed E-state index contributed by atoms with van der Waals surface area (Å²) < 4.78 is 0. The third-order valence-corrected chi connectivity index (χ3v) is 4.09. The predicted octanol–water partition coefficient (Wildman–Crippen LogP) is 1.91.